The molecule has 9 nitrogen and oxygen atoms in total. The number of rotatable bonds is 12. The molecule has 0 spiro atoms. The molecule has 0 aliphatic carbocycles. The molecular weight excluding hydrogens is 606 g/mol. The van der Waals surface area contributed by atoms with Crippen molar-refractivity contribution in [3.05, 3.63) is 150 Å². The number of ether oxygens (including phenoxy) is 2. The molecule has 248 valence electrons. The van der Waals surface area contributed by atoms with Crippen molar-refractivity contribution in [3.8, 4) is 0 Å². The molecule has 3 N–H and O–H groups in total. The molecule has 0 radical (unpaired) electrons. The number of anilines is 1. The third kappa shape index (κ3) is 9.11. The Morgan fingerprint density at radius 3 is 2.12 bits per heavy atom. The largest absolute Gasteiger partial charge is 0.465 e. The fraction of sp³-hybridized carbons (Fsp3) is 0.256. The van der Waals surface area contributed by atoms with Crippen LogP contribution in [-0.2, 0) is 27.1 Å². The molecule has 0 bridgehead atoms. The molecule has 1 heterocycles. The average molecular weight is 648 g/mol. The minimum atomic E-state index is -0.993. The first kappa shape index (κ1) is 33.9. The van der Waals surface area contributed by atoms with Gasteiger partial charge in [-0.05, 0) is 47.6 Å². The quantitative estimate of drug-likeness (QED) is 0.148. The highest BCUT2D eigenvalue weighted by molar-refractivity contribution is 5.98. The van der Waals surface area contributed by atoms with Crippen LogP contribution in [0.1, 0.15) is 34.6 Å². The van der Waals surface area contributed by atoms with Crippen LogP contribution < -0.4 is 10.6 Å². The van der Waals surface area contributed by atoms with E-state index in [1.54, 1.807) is 0 Å². The van der Waals surface area contributed by atoms with E-state index in [0.29, 0.717) is 24.9 Å². The van der Waals surface area contributed by atoms with Crippen molar-refractivity contribution in [2.75, 3.05) is 25.6 Å². The number of methoxy groups -OCH3 is 1. The lowest BCUT2D eigenvalue weighted by Crippen LogP contribution is -2.51. The van der Waals surface area contributed by atoms with Gasteiger partial charge in [0.1, 0.15) is 6.04 Å². The van der Waals surface area contributed by atoms with E-state index < -0.39 is 30.1 Å². The minimum absolute atomic E-state index is 0.241. The van der Waals surface area contributed by atoms with Crippen molar-refractivity contribution < 1.29 is 29.0 Å². The highest BCUT2D eigenvalue weighted by Gasteiger charge is 2.34. The number of benzene rings is 4. The molecule has 5 rings (SSSR count). The summed E-state index contributed by atoms with van der Waals surface area (Å²) in [7, 11) is 1.27. The zero-order valence-electron chi connectivity index (χ0n) is 26.9. The highest BCUT2D eigenvalue weighted by Crippen LogP contribution is 2.30. The van der Waals surface area contributed by atoms with Gasteiger partial charge in [-0.25, -0.2) is 9.59 Å². The van der Waals surface area contributed by atoms with Gasteiger partial charge in [0.2, 0.25) is 5.91 Å². The zero-order chi connectivity index (χ0) is 33.7. The number of carbonyl (C=O) groups excluding carboxylic acids is 2. The van der Waals surface area contributed by atoms with Crippen molar-refractivity contribution in [3.63, 3.8) is 0 Å². The number of allylic oxidation sites excluding steroid dienone is 1. The Hall–Kier alpha value is -5.41. The van der Waals surface area contributed by atoms with Gasteiger partial charge in [-0.15, -0.1) is 0 Å². The Bertz CT molecular complexity index is 1630. The predicted molar refractivity (Wildman–Crippen MR) is 185 cm³/mol. The van der Waals surface area contributed by atoms with Gasteiger partial charge in [0.15, 0.2) is 0 Å². The molecule has 1 fully saturated rings. The van der Waals surface area contributed by atoms with Crippen LogP contribution in [0.25, 0.3) is 0 Å². The van der Waals surface area contributed by atoms with E-state index in [9.17, 15) is 19.5 Å². The number of aryl methyl sites for hydroxylation is 1. The minimum Gasteiger partial charge on any atom is -0.465 e. The van der Waals surface area contributed by atoms with E-state index in [4.69, 9.17) is 9.47 Å². The molecule has 0 unspecified atom stereocenters. The Morgan fingerprint density at radius 1 is 0.896 bits per heavy atom. The normalized spacial score (nSPS) is 16.8. The standard InChI is InChI=1S/C39H41N3O6/c1-47-38(44)41-36(35(30-18-7-3-8-19-30)31-20-9-4-10-21-31)37(43)40-34-23-12-11-17-29(34)24-25-33-26-42(39(45)46)32(27-48-33)22-13-16-28-14-5-2-6-15-28/h2-15,17-23,32-33,35-36H,16,24-27H2,1H3,(H,40,43)(H,41,44)(H,45,46)/b22-13-/t32-,33-,36+/m1/s1. The number of hydrogen-bond donors (Lipinski definition) is 3. The number of amides is 3. The van der Waals surface area contributed by atoms with Crippen molar-refractivity contribution in [2.45, 2.75) is 43.4 Å². The highest BCUT2D eigenvalue weighted by atomic mass is 16.5. The van der Waals surface area contributed by atoms with E-state index in [1.807, 2.05) is 127 Å². The van der Waals surface area contributed by atoms with Crippen molar-refractivity contribution in [1.82, 2.24) is 10.2 Å². The second-order valence-corrected chi connectivity index (χ2v) is 11.7. The summed E-state index contributed by atoms with van der Waals surface area (Å²) < 4.78 is 11.0. The lowest BCUT2D eigenvalue weighted by atomic mass is 9.84. The number of carboxylic acid groups (broad SMARTS) is 1. The number of nitrogens with zero attached hydrogens (tertiary/aromatic N) is 1. The molecule has 48 heavy (non-hydrogen) atoms. The number of alkyl carbamates (subject to hydrolysis) is 1. The molecule has 9 heteroatoms. The van der Waals surface area contributed by atoms with Crippen molar-refractivity contribution >= 4 is 23.8 Å². The molecule has 3 atom stereocenters. The Morgan fingerprint density at radius 2 is 1.50 bits per heavy atom. The number of nitrogens with one attached hydrogen (secondary N) is 2. The summed E-state index contributed by atoms with van der Waals surface area (Å²) in [4.78, 5) is 40.2. The molecule has 0 aromatic heterocycles. The van der Waals surface area contributed by atoms with Gasteiger partial charge in [-0.1, -0.05) is 121 Å². The number of para-hydroxylation sites is 1. The smallest absolute Gasteiger partial charge is 0.407 e. The molecule has 4 aromatic rings. The molecule has 3 amide bonds. The van der Waals surface area contributed by atoms with Crippen LogP contribution in [0.3, 0.4) is 0 Å². The molecule has 1 aliphatic heterocycles. The summed E-state index contributed by atoms with van der Waals surface area (Å²) in [6, 6.07) is 35.2. The first-order valence-corrected chi connectivity index (χ1v) is 16.1. The lowest BCUT2D eigenvalue weighted by Gasteiger charge is -2.36. The monoisotopic (exact) mass is 647 g/mol. The van der Waals surface area contributed by atoms with E-state index in [2.05, 4.69) is 10.6 Å². The van der Waals surface area contributed by atoms with Gasteiger partial charge in [-0.3, -0.25) is 9.69 Å². The van der Waals surface area contributed by atoms with Gasteiger partial charge >= 0.3 is 12.2 Å². The summed E-state index contributed by atoms with van der Waals surface area (Å²) >= 11 is 0. The van der Waals surface area contributed by atoms with Crippen molar-refractivity contribution in [1.29, 1.82) is 0 Å². The predicted octanol–water partition coefficient (Wildman–Crippen LogP) is 6.66. The summed E-state index contributed by atoms with van der Waals surface area (Å²) in [6.45, 7) is 0.507. The summed E-state index contributed by atoms with van der Waals surface area (Å²) in [5, 5.41) is 15.8. The summed E-state index contributed by atoms with van der Waals surface area (Å²) in [6.07, 6.45) is 3.69. The topological polar surface area (TPSA) is 117 Å². The first-order chi connectivity index (χ1) is 23.4. The maximum absolute atomic E-state index is 14.1. The fourth-order valence-electron chi connectivity index (χ4n) is 6.03. The number of hydrogen-bond acceptors (Lipinski definition) is 5. The van der Waals surface area contributed by atoms with Crippen LogP contribution >= 0.6 is 0 Å². The van der Waals surface area contributed by atoms with Crippen LogP contribution in [0.4, 0.5) is 15.3 Å². The third-order valence-corrected chi connectivity index (χ3v) is 8.51. The fourth-order valence-corrected chi connectivity index (χ4v) is 6.03. The molecule has 1 saturated heterocycles. The van der Waals surface area contributed by atoms with Crippen LogP contribution in [0.5, 0.6) is 0 Å². The maximum Gasteiger partial charge on any atom is 0.407 e. The van der Waals surface area contributed by atoms with Crippen LogP contribution in [0.2, 0.25) is 0 Å². The summed E-state index contributed by atoms with van der Waals surface area (Å²) in [5.41, 5.74) is 4.35. The van der Waals surface area contributed by atoms with Gasteiger partial charge < -0.3 is 25.2 Å². The zero-order valence-corrected chi connectivity index (χ0v) is 26.9. The van der Waals surface area contributed by atoms with E-state index >= 15 is 0 Å². The van der Waals surface area contributed by atoms with Crippen LogP contribution in [0.15, 0.2) is 127 Å². The van der Waals surface area contributed by atoms with Gasteiger partial charge in [0.05, 0.1) is 32.4 Å². The Labute approximate surface area is 281 Å². The van der Waals surface area contributed by atoms with Crippen molar-refractivity contribution in [2.24, 2.45) is 0 Å². The van der Waals surface area contributed by atoms with E-state index in [1.165, 1.54) is 12.0 Å². The second kappa shape index (κ2) is 16.9. The number of carbonyl (C=O) groups is 3. The molecule has 4 aromatic carbocycles. The maximum atomic E-state index is 14.1. The number of morpholine rings is 1. The SMILES string of the molecule is COC(=O)N[C@H](C(=O)Nc1ccccc1CC[C@@H]1CN(C(=O)O)[C@H](/C=C\Cc2ccccc2)CO1)C(c1ccccc1)c1ccccc1. The van der Waals surface area contributed by atoms with Gasteiger partial charge in [-0.2, -0.15) is 0 Å². The Kier molecular flexibility index (Phi) is 12.0. The third-order valence-electron chi connectivity index (χ3n) is 8.51. The molecule has 1 aliphatic rings. The van der Waals surface area contributed by atoms with E-state index in [0.717, 1.165) is 22.3 Å². The van der Waals surface area contributed by atoms with Gasteiger partial charge in [0.25, 0.3) is 0 Å². The summed E-state index contributed by atoms with van der Waals surface area (Å²) in [5.74, 6) is -0.896. The van der Waals surface area contributed by atoms with Crippen LogP contribution in [-0.4, -0.2) is 66.5 Å². The average Bonchev–Trinajstić information content (AvgIpc) is 3.12. The van der Waals surface area contributed by atoms with Crippen LogP contribution in [0, 0.1) is 0 Å². The Balaban J connectivity index is 1.28. The second-order valence-electron chi connectivity index (χ2n) is 11.7. The van der Waals surface area contributed by atoms with Gasteiger partial charge in [0, 0.05) is 11.6 Å². The first-order valence-electron chi connectivity index (χ1n) is 16.1. The molecule has 0 saturated carbocycles. The molecular formula is C39H41N3O6. The van der Waals surface area contributed by atoms with E-state index in [-0.39, 0.29) is 25.3 Å². The lowest BCUT2D eigenvalue weighted by molar-refractivity contribution is -0.118.